The van der Waals surface area contributed by atoms with E-state index in [1.807, 2.05) is 31.3 Å². The molecule has 0 fully saturated rings. The van der Waals surface area contributed by atoms with Gasteiger partial charge in [-0.15, -0.1) is 0 Å². The number of carbonyl (C=O) groups is 1. The average Bonchev–Trinajstić information content (AvgIpc) is 2.98. The Morgan fingerprint density at radius 1 is 1.40 bits per heavy atom. The molecule has 0 spiro atoms. The molecule has 0 saturated heterocycles. The summed E-state index contributed by atoms with van der Waals surface area (Å²) in [6.07, 6.45) is 2.18. The Morgan fingerprint density at radius 2 is 2.25 bits per heavy atom. The second kappa shape index (κ2) is 4.85. The van der Waals surface area contributed by atoms with Crippen LogP contribution in [0.2, 0.25) is 0 Å². The number of aromatic nitrogens is 2. The third-order valence-corrected chi connectivity index (χ3v) is 3.26. The number of H-pyrrole nitrogens is 1. The van der Waals surface area contributed by atoms with Crippen LogP contribution in [0.4, 0.5) is 5.82 Å². The molecule has 2 heterocycles. The fraction of sp³-hybridized carbons (Fsp3) is 0.200. The standard InChI is InChI=1S/C15H15N3O2/c1-9-4-3-5-12-11(8-16-15(9)12)7-14(19)17-13-6-10(2)20-18-13/h3-6,8,16H,7H2,1-2H3,(H,17,18,19). The minimum absolute atomic E-state index is 0.110. The lowest BCUT2D eigenvalue weighted by Gasteiger charge is -2.01. The first-order valence-corrected chi connectivity index (χ1v) is 6.42. The lowest BCUT2D eigenvalue weighted by molar-refractivity contribution is -0.115. The van der Waals surface area contributed by atoms with Gasteiger partial charge in [-0.05, 0) is 25.0 Å². The number of fused-ring (bicyclic) bond motifs is 1. The smallest absolute Gasteiger partial charge is 0.230 e. The fourth-order valence-corrected chi connectivity index (χ4v) is 2.30. The number of amides is 1. The number of benzene rings is 1. The summed E-state index contributed by atoms with van der Waals surface area (Å²) in [6.45, 7) is 3.83. The molecule has 0 aliphatic carbocycles. The number of anilines is 1. The first-order chi connectivity index (χ1) is 9.63. The van der Waals surface area contributed by atoms with Crippen molar-refractivity contribution in [3.05, 3.63) is 47.3 Å². The molecule has 0 bridgehead atoms. The summed E-state index contributed by atoms with van der Waals surface area (Å²) < 4.78 is 4.92. The molecule has 3 rings (SSSR count). The van der Waals surface area contributed by atoms with Gasteiger partial charge in [0.05, 0.1) is 6.42 Å². The van der Waals surface area contributed by atoms with E-state index in [4.69, 9.17) is 4.52 Å². The van der Waals surface area contributed by atoms with E-state index in [0.717, 1.165) is 16.5 Å². The first kappa shape index (κ1) is 12.5. The maximum Gasteiger partial charge on any atom is 0.230 e. The van der Waals surface area contributed by atoms with Crippen LogP contribution in [-0.2, 0) is 11.2 Å². The van der Waals surface area contributed by atoms with E-state index in [1.54, 1.807) is 13.0 Å². The first-order valence-electron chi connectivity index (χ1n) is 6.42. The van der Waals surface area contributed by atoms with Crippen molar-refractivity contribution in [1.29, 1.82) is 0 Å². The van der Waals surface area contributed by atoms with Crippen molar-refractivity contribution in [2.45, 2.75) is 20.3 Å². The van der Waals surface area contributed by atoms with E-state index in [2.05, 4.69) is 15.5 Å². The van der Waals surface area contributed by atoms with Crippen LogP contribution in [0.5, 0.6) is 0 Å². The van der Waals surface area contributed by atoms with Crippen LogP contribution in [-0.4, -0.2) is 16.0 Å². The van der Waals surface area contributed by atoms with Crippen LogP contribution in [0.1, 0.15) is 16.9 Å². The molecule has 2 aromatic heterocycles. The number of hydrogen-bond donors (Lipinski definition) is 2. The number of aryl methyl sites for hydroxylation is 2. The molecule has 0 atom stereocenters. The summed E-state index contributed by atoms with van der Waals surface area (Å²) in [4.78, 5) is 15.2. The highest BCUT2D eigenvalue weighted by Gasteiger charge is 2.11. The molecule has 20 heavy (non-hydrogen) atoms. The zero-order valence-electron chi connectivity index (χ0n) is 11.4. The average molecular weight is 269 g/mol. The van der Waals surface area contributed by atoms with Gasteiger partial charge in [0, 0.05) is 23.2 Å². The molecule has 2 N–H and O–H groups in total. The molecule has 0 aliphatic rings. The second-order valence-corrected chi connectivity index (χ2v) is 4.86. The van der Waals surface area contributed by atoms with Crippen molar-refractivity contribution in [2.24, 2.45) is 0 Å². The van der Waals surface area contributed by atoms with Gasteiger partial charge in [0.15, 0.2) is 5.82 Å². The third-order valence-electron chi connectivity index (χ3n) is 3.26. The summed E-state index contributed by atoms with van der Waals surface area (Å²) in [5, 5.41) is 7.55. The van der Waals surface area contributed by atoms with Crippen molar-refractivity contribution in [3.63, 3.8) is 0 Å². The summed E-state index contributed by atoms with van der Waals surface area (Å²) in [6, 6.07) is 7.74. The van der Waals surface area contributed by atoms with Crippen molar-refractivity contribution in [3.8, 4) is 0 Å². The van der Waals surface area contributed by atoms with E-state index in [9.17, 15) is 4.79 Å². The van der Waals surface area contributed by atoms with Crippen molar-refractivity contribution in [2.75, 3.05) is 5.32 Å². The Hall–Kier alpha value is -2.56. The lowest BCUT2D eigenvalue weighted by Crippen LogP contribution is -2.14. The van der Waals surface area contributed by atoms with Gasteiger partial charge in [-0.25, -0.2) is 0 Å². The highest BCUT2D eigenvalue weighted by atomic mass is 16.5. The molecule has 1 aromatic carbocycles. The Morgan fingerprint density at radius 3 is 3.00 bits per heavy atom. The van der Waals surface area contributed by atoms with Crippen molar-refractivity contribution in [1.82, 2.24) is 10.1 Å². The molecule has 5 heteroatoms. The number of hydrogen-bond acceptors (Lipinski definition) is 3. The topological polar surface area (TPSA) is 70.9 Å². The highest BCUT2D eigenvalue weighted by molar-refractivity contribution is 5.95. The zero-order valence-corrected chi connectivity index (χ0v) is 11.4. The van der Waals surface area contributed by atoms with Gasteiger partial charge >= 0.3 is 0 Å². The predicted octanol–water partition coefficient (Wildman–Crippen LogP) is 2.95. The lowest BCUT2D eigenvalue weighted by atomic mass is 10.1. The van der Waals surface area contributed by atoms with Crippen LogP contribution in [0.3, 0.4) is 0 Å². The van der Waals surface area contributed by atoms with Gasteiger partial charge < -0.3 is 14.8 Å². The maximum atomic E-state index is 12.0. The normalized spacial score (nSPS) is 10.9. The number of aromatic amines is 1. The van der Waals surface area contributed by atoms with E-state index >= 15 is 0 Å². The molecule has 5 nitrogen and oxygen atoms in total. The number of rotatable bonds is 3. The Kier molecular flexibility index (Phi) is 3.02. The van der Waals surface area contributed by atoms with Gasteiger partial charge in [-0.3, -0.25) is 4.79 Å². The van der Waals surface area contributed by atoms with Crippen LogP contribution in [0.15, 0.2) is 35.0 Å². The van der Waals surface area contributed by atoms with Gasteiger partial charge in [0.25, 0.3) is 0 Å². The minimum Gasteiger partial charge on any atom is -0.361 e. The molecule has 0 unspecified atom stereocenters. The molecule has 3 aromatic rings. The molecule has 0 radical (unpaired) electrons. The number of carbonyl (C=O) groups excluding carboxylic acids is 1. The van der Waals surface area contributed by atoms with Gasteiger partial charge in [0.1, 0.15) is 5.76 Å². The third kappa shape index (κ3) is 2.30. The van der Waals surface area contributed by atoms with Gasteiger partial charge in [-0.2, -0.15) is 0 Å². The molecule has 1 amide bonds. The monoisotopic (exact) mass is 269 g/mol. The quantitative estimate of drug-likeness (QED) is 0.768. The van der Waals surface area contributed by atoms with Crippen LogP contribution in [0, 0.1) is 13.8 Å². The predicted molar refractivity (Wildman–Crippen MR) is 76.6 cm³/mol. The van der Waals surface area contributed by atoms with E-state index in [-0.39, 0.29) is 5.91 Å². The molecule has 102 valence electrons. The van der Waals surface area contributed by atoms with Gasteiger partial charge in [0.2, 0.25) is 5.91 Å². The second-order valence-electron chi connectivity index (χ2n) is 4.86. The molecule has 0 aliphatic heterocycles. The Labute approximate surface area is 116 Å². The van der Waals surface area contributed by atoms with Crippen molar-refractivity contribution < 1.29 is 9.32 Å². The summed E-state index contributed by atoms with van der Waals surface area (Å²) in [5.41, 5.74) is 3.22. The SMILES string of the molecule is Cc1cc(NC(=O)Cc2c[nH]c3c(C)cccc23)no1. The largest absolute Gasteiger partial charge is 0.361 e. The Bertz CT molecular complexity index is 770. The van der Waals surface area contributed by atoms with E-state index in [0.29, 0.717) is 18.0 Å². The van der Waals surface area contributed by atoms with E-state index in [1.165, 1.54) is 5.56 Å². The zero-order chi connectivity index (χ0) is 14.1. The van der Waals surface area contributed by atoms with Crippen molar-refractivity contribution >= 4 is 22.6 Å². The summed E-state index contributed by atoms with van der Waals surface area (Å²) >= 11 is 0. The summed E-state index contributed by atoms with van der Waals surface area (Å²) in [5.74, 6) is 1.01. The fourth-order valence-electron chi connectivity index (χ4n) is 2.30. The molecular weight excluding hydrogens is 254 g/mol. The van der Waals surface area contributed by atoms with Gasteiger partial charge in [-0.1, -0.05) is 23.4 Å². The Balaban J connectivity index is 1.79. The summed E-state index contributed by atoms with van der Waals surface area (Å²) in [7, 11) is 0. The highest BCUT2D eigenvalue weighted by Crippen LogP contribution is 2.21. The van der Waals surface area contributed by atoms with Crippen LogP contribution < -0.4 is 5.32 Å². The number of para-hydroxylation sites is 1. The number of nitrogens with zero attached hydrogens (tertiary/aromatic N) is 1. The van der Waals surface area contributed by atoms with Crippen LogP contribution in [0.25, 0.3) is 10.9 Å². The maximum absolute atomic E-state index is 12.0. The molecule has 0 saturated carbocycles. The van der Waals surface area contributed by atoms with E-state index < -0.39 is 0 Å². The molecular formula is C15H15N3O2. The number of nitrogens with one attached hydrogen (secondary N) is 2. The van der Waals surface area contributed by atoms with Crippen LogP contribution >= 0.6 is 0 Å². The minimum atomic E-state index is -0.110.